The zero-order chi connectivity index (χ0) is 9.26. The summed E-state index contributed by atoms with van der Waals surface area (Å²) >= 11 is 7.28. The van der Waals surface area contributed by atoms with Crippen LogP contribution < -0.4 is 0 Å². The van der Waals surface area contributed by atoms with Crippen molar-refractivity contribution >= 4 is 33.2 Å². The second-order valence-corrected chi connectivity index (χ2v) is 3.79. The van der Waals surface area contributed by atoms with Crippen LogP contribution in [0.2, 0.25) is 5.02 Å². The Labute approximate surface area is 85.5 Å². The lowest BCUT2D eigenvalue weighted by Crippen LogP contribution is -1.72. The molecule has 0 bridgehead atoms. The summed E-state index contributed by atoms with van der Waals surface area (Å²) in [5.74, 6) is 5.79. The van der Waals surface area contributed by atoms with E-state index in [1.54, 1.807) is 6.92 Å². The van der Waals surface area contributed by atoms with Crippen molar-refractivity contribution in [2.45, 2.75) is 6.92 Å². The Kier molecular flexibility index (Phi) is 2.22. The SMILES string of the molecule is CC#Cc1nsc2cc(Cl)ccc12. The number of rotatable bonds is 0. The fraction of sp³-hybridized carbons (Fsp3) is 0.100. The number of nitrogens with zero attached hydrogens (tertiary/aromatic N) is 1. The van der Waals surface area contributed by atoms with Crippen molar-refractivity contribution in [3.05, 3.63) is 28.9 Å². The summed E-state index contributed by atoms with van der Waals surface area (Å²) in [5.41, 5.74) is 0.846. The summed E-state index contributed by atoms with van der Waals surface area (Å²) in [4.78, 5) is 0. The molecule has 64 valence electrons. The number of benzene rings is 1. The van der Waals surface area contributed by atoms with E-state index in [4.69, 9.17) is 11.6 Å². The van der Waals surface area contributed by atoms with Gasteiger partial charge in [0.1, 0.15) is 5.69 Å². The zero-order valence-corrected chi connectivity index (χ0v) is 8.54. The Hall–Kier alpha value is -1.04. The van der Waals surface area contributed by atoms with E-state index in [1.807, 2.05) is 18.2 Å². The van der Waals surface area contributed by atoms with Crippen LogP contribution in [0.1, 0.15) is 12.6 Å². The van der Waals surface area contributed by atoms with Gasteiger partial charge in [-0.1, -0.05) is 17.5 Å². The molecule has 0 saturated heterocycles. The molecule has 0 aliphatic heterocycles. The highest BCUT2D eigenvalue weighted by atomic mass is 35.5. The van der Waals surface area contributed by atoms with Gasteiger partial charge in [0, 0.05) is 10.4 Å². The zero-order valence-electron chi connectivity index (χ0n) is 6.97. The van der Waals surface area contributed by atoms with Crippen molar-refractivity contribution in [3.8, 4) is 11.8 Å². The molecule has 1 aromatic carbocycles. The van der Waals surface area contributed by atoms with Crippen molar-refractivity contribution in [1.82, 2.24) is 4.37 Å². The van der Waals surface area contributed by atoms with Crippen LogP contribution in [-0.2, 0) is 0 Å². The maximum absolute atomic E-state index is 5.85. The van der Waals surface area contributed by atoms with Crippen LogP contribution in [0.3, 0.4) is 0 Å². The molecule has 1 nitrogen and oxygen atoms in total. The van der Waals surface area contributed by atoms with Crippen molar-refractivity contribution in [3.63, 3.8) is 0 Å². The fourth-order valence-electron chi connectivity index (χ4n) is 1.12. The van der Waals surface area contributed by atoms with Crippen LogP contribution in [-0.4, -0.2) is 4.37 Å². The lowest BCUT2D eigenvalue weighted by Gasteiger charge is -1.89. The average molecular weight is 208 g/mol. The van der Waals surface area contributed by atoms with E-state index in [1.165, 1.54) is 11.5 Å². The number of fused-ring (bicyclic) bond motifs is 1. The topological polar surface area (TPSA) is 12.9 Å². The van der Waals surface area contributed by atoms with E-state index in [-0.39, 0.29) is 0 Å². The highest BCUT2D eigenvalue weighted by Gasteiger charge is 2.02. The van der Waals surface area contributed by atoms with Crippen LogP contribution in [0, 0.1) is 11.8 Å². The first-order valence-corrected chi connectivity index (χ1v) is 4.94. The minimum atomic E-state index is 0.743. The predicted octanol–water partition coefficient (Wildman–Crippen LogP) is 3.32. The standard InChI is InChI=1S/C10H6ClNS/c1-2-3-9-8-5-4-7(11)6-10(8)13-12-9/h4-6H,1H3. The van der Waals surface area contributed by atoms with Gasteiger partial charge in [0.05, 0.1) is 4.70 Å². The minimum Gasteiger partial charge on any atom is -0.183 e. The van der Waals surface area contributed by atoms with Crippen LogP contribution in [0.5, 0.6) is 0 Å². The van der Waals surface area contributed by atoms with Crippen LogP contribution >= 0.6 is 23.1 Å². The lowest BCUT2D eigenvalue weighted by molar-refractivity contribution is 1.53. The second-order valence-electron chi connectivity index (χ2n) is 2.55. The van der Waals surface area contributed by atoms with Gasteiger partial charge in [-0.15, -0.1) is 0 Å². The van der Waals surface area contributed by atoms with E-state index < -0.39 is 0 Å². The normalized spacial score (nSPS) is 9.69. The molecule has 0 N–H and O–H groups in total. The fourth-order valence-corrected chi connectivity index (χ4v) is 2.13. The third-order valence-corrected chi connectivity index (χ3v) is 2.72. The molecule has 0 saturated carbocycles. The molecule has 3 heteroatoms. The van der Waals surface area contributed by atoms with Gasteiger partial charge in [0.2, 0.25) is 0 Å². The monoisotopic (exact) mass is 207 g/mol. The Morgan fingerprint density at radius 2 is 2.31 bits per heavy atom. The van der Waals surface area contributed by atoms with Crippen molar-refractivity contribution in [1.29, 1.82) is 0 Å². The van der Waals surface area contributed by atoms with Gasteiger partial charge in [0.25, 0.3) is 0 Å². The van der Waals surface area contributed by atoms with Crippen molar-refractivity contribution in [2.75, 3.05) is 0 Å². The predicted molar refractivity (Wildman–Crippen MR) is 57.2 cm³/mol. The summed E-state index contributed by atoms with van der Waals surface area (Å²) in [7, 11) is 0. The average Bonchev–Trinajstić information content (AvgIpc) is 2.49. The molecule has 13 heavy (non-hydrogen) atoms. The van der Waals surface area contributed by atoms with Gasteiger partial charge in [-0.3, -0.25) is 0 Å². The molecule has 0 aliphatic carbocycles. The van der Waals surface area contributed by atoms with Crippen molar-refractivity contribution < 1.29 is 0 Å². The first-order valence-electron chi connectivity index (χ1n) is 3.79. The number of hydrogen-bond acceptors (Lipinski definition) is 2. The summed E-state index contributed by atoms with van der Waals surface area (Å²) < 4.78 is 5.32. The van der Waals surface area contributed by atoms with Gasteiger partial charge in [-0.25, -0.2) is 0 Å². The first kappa shape index (κ1) is 8.55. The van der Waals surface area contributed by atoms with Gasteiger partial charge in [-0.2, -0.15) is 4.37 Å². The molecule has 0 radical (unpaired) electrons. The highest BCUT2D eigenvalue weighted by molar-refractivity contribution is 7.13. The molecule has 0 unspecified atom stereocenters. The molecule has 0 aliphatic rings. The molecule has 0 spiro atoms. The molecule has 2 aromatic rings. The number of halogens is 1. The van der Waals surface area contributed by atoms with Crippen LogP contribution in [0.4, 0.5) is 0 Å². The second kappa shape index (κ2) is 3.37. The molecule has 0 amide bonds. The maximum atomic E-state index is 5.85. The maximum Gasteiger partial charge on any atom is 0.134 e. The van der Waals surface area contributed by atoms with E-state index in [0.717, 1.165) is 20.8 Å². The van der Waals surface area contributed by atoms with Crippen molar-refractivity contribution in [2.24, 2.45) is 0 Å². The van der Waals surface area contributed by atoms with Gasteiger partial charge in [-0.05, 0) is 42.6 Å². The summed E-state index contributed by atoms with van der Waals surface area (Å²) in [5, 5.41) is 1.83. The Balaban J connectivity index is 2.73. The Morgan fingerprint density at radius 1 is 1.46 bits per heavy atom. The molecule has 1 aromatic heterocycles. The third-order valence-electron chi connectivity index (χ3n) is 1.68. The molecular weight excluding hydrogens is 202 g/mol. The highest BCUT2D eigenvalue weighted by Crippen LogP contribution is 2.25. The summed E-state index contributed by atoms with van der Waals surface area (Å²) in [6.07, 6.45) is 0. The quantitative estimate of drug-likeness (QED) is 0.604. The molecule has 0 atom stereocenters. The van der Waals surface area contributed by atoms with Crippen LogP contribution in [0.25, 0.3) is 10.1 Å². The van der Waals surface area contributed by atoms with E-state index in [0.29, 0.717) is 0 Å². The van der Waals surface area contributed by atoms with E-state index in [2.05, 4.69) is 16.2 Å². The molecule has 2 rings (SSSR count). The first-order chi connectivity index (χ1) is 6.31. The van der Waals surface area contributed by atoms with E-state index in [9.17, 15) is 0 Å². The van der Waals surface area contributed by atoms with Gasteiger partial charge in [0.15, 0.2) is 0 Å². The Morgan fingerprint density at radius 3 is 3.08 bits per heavy atom. The summed E-state index contributed by atoms with van der Waals surface area (Å²) in [6, 6.07) is 5.73. The van der Waals surface area contributed by atoms with E-state index >= 15 is 0 Å². The summed E-state index contributed by atoms with van der Waals surface area (Å²) in [6.45, 7) is 1.81. The number of aromatic nitrogens is 1. The van der Waals surface area contributed by atoms with Gasteiger partial charge >= 0.3 is 0 Å². The molecule has 1 heterocycles. The molecule has 0 fully saturated rings. The van der Waals surface area contributed by atoms with Crippen LogP contribution in [0.15, 0.2) is 18.2 Å². The largest absolute Gasteiger partial charge is 0.183 e. The number of hydrogen-bond donors (Lipinski definition) is 0. The third kappa shape index (κ3) is 1.53. The van der Waals surface area contributed by atoms with Gasteiger partial charge < -0.3 is 0 Å². The minimum absolute atomic E-state index is 0.743. The lowest BCUT2D eigenvalue weighted by atomic mass is 10.2. The smallest absolute Gasteiger partial charge is 0.134 e. The Bertz CT molecular complexity index is 504. The molecular formula is C10H6ClNS.